The highest BCUT2D eigenvalue weighted by Gasteiger charge is 2.33. The Morgan fingerprint density at radius 3 is 2.66 bits per heavy atom. The van der Waals surface area contributed by atoms with E-state index in [1.54, 1.807) is 19.2 Å². The Morgan fingerprint density at radius 1 is 1.20 bits per heavy atom. The van der Waals surface area contributed by atoms with Gasteiger partial charge in [0.2, 0.25) is 11.8 Å². The molecule has 2 atom stereocenters. The van der Waals surface area contributed by atoms with Crippen LogP contribution in [0.15, 0.2) is 24.4 Å². The van der Waals surface area contributed by atoms with Gasteiger partial charge in [-0.15, -0.1) is 11.3 Å². The largest absolute Gasteiger partial charge is 0.462 e. The quantitative estimate of drug-likeness (QED) is 0.557. The minimum atomic E-state index is -0.372. The van der Waals surface area contributed by atoms with Gasteiger partial charge in [-0.25, -0.2) is 9.78 Å². The second-order valence-corrected chi connectivity index (χ2v) is 10.6. The topological polar surface area (TPSA) is 101 Å². The lowest BCUT2D eigenvalue weighted by atomic mass is 9.88. The molecule has 0 radical (unpaired) electrons. The average Bonchev–Trinajstić information content (AvgIpc) is 3.21. The fraction of sp³-hybridized carbons (Fsp3) is 0.538. The molecule has 2 amide bonds. The number of pyridine rings is 1. The fourth-order valence-corrected chi connectivity index (χ4v) is 6.26. The number of anilines is 2. The summed E-state index contributed by atoms with van der Waals surface area (Å²) in [5.74, 6) is 0.483. The molecule has 9 heteroatoms. The molecule has 2 aliphatic rings. The zero-order chi connectivity index (χ0) is 24.9. The third-order valence-corrected chi connectivity index (χ3v) is 8.14. The van der Waals surface area contributed by atoms with Gasteiger partial charge in [0.1, 0.15) is 10.8 Å². The van der Waals surface area contributed by atoms with Crippen LogP contribution < -0.4 is 10.6 Å². The Balaban J connectivity index is 1.37. The molecule has 1 fully saturated rings. The van der Waals surface area contributed by atoms with Crippen LogP contribution >= 0.6 is 11.3 Å². The summed E-state index contributed by atoms with van der Waals surface area (Å²) < 4.78 is 5.32. The lowest BCUT2D eigenvalue weighted by Gasteiger charge is -2.34. The van der Waals surface area contributed by atoms with E-state index in [0.29, 0.717) is 54.8 Å². The monoisotopic (exact) mass is 498 g/mol. The number of aromatic nitrogens is 1. The SMILES string of the molecule is CCOC(=O)c1c(NC(=O)C(C)N2CCC(C(=O)Nc3ccccn3)CC2)sc2c1CCC(C)C2. The maximum absolute atomic E-state index is 13.2. The number of amides is 2. The predicted molar refractivity (Wildman–Crippen MR) is 137 cm³/mol. The van der Waals surface area contributed by atoms with Gasteiger partial charge in [0.15, 0.2) is 0 Å². The van der Waals surface area contributed by atoms with Crippen molar-refractivity contribution in [1.29, 1.82) is 0 Å². The van der Waals surface area contributed by atoms with Crippen molar-refractivity contribution in [3.63, 3.8) is 0 Å². The number of esters is 1. The number of thiophene rings is 1. The van der Waals surface area contributed by atoms with Gasteiger partial charge in [-0.3, -0.25) is 14.5 Å². The number of ether oxygens (including phenoxy) is 1. The van der Waals surface area contributed by atoms with Crippen LogP contribution in [0.5, 0.6) is 0 Å². The van der Waals surface area contributed by atoms with Crippen molar-refractivity contribution in [1.82, 2.24) is 9.88 Å². The zero-order valence-corrected chi connectivity index (χ0v) is 21.5. The highest BCUT2D eigenvalue weighted by Crippen LogP contribution is 2.40. The van der Waals surface area contributed by atoms with Crippen molar-refractivity contribution in [2.75, 3.05) is 30.3 Å². The molecule has 35 heavy (non-hydrogen) atoms. The minimum absolute atomic E-state index is 0.0297. The molecule has 8 nitrogen and oxygen atoms in total. The molecule has 3 heterocycles. The number of likely N-dealkylation sites (tertiary alicyclic amines) is 1. The third-order valence-electron chi connectivity index (χ3n) is 6.97. The summed E-state index contributed by atoms with van der Waals surface area (Å²) >= 11 is 1.51. The Bertz CT molecular complexity index is 1060. The molecular weight excluding hydrogens is 464 g/mol. The standard InChI is InChI=1S/C26H34N4O4S/c1-4-34-26(33)22-19-9-8-16(2)15-20(19)35-25(22)29-23(31)17(3)30-13-10-18(11-14-30)24(32)28-21-7-5-6-12-27-21/h5-7,12,16-18H,4,8-11,13-15H2,1-3H3,(H,29,31)(H,27,28,32). The molecule has 2 N–H and O–H groups in total. The Labute approximate surface area is 210 Å². The maximum atomic E-state index is 13.2. The first kappa shape index (κ1) is 25.3. The van der Waals surface area contributed by atoms with Crippen LogP contribution in [0.4, 0.5) is 10.8 Å². The van der Waals surface area contributed by atoms with Crippen molar-refractivity contribution in [2.24, 2.45) is 11.8 Å². The number of piperidine rings is 1. The van der Waals surface area contributed by atoms with Gasteiger partial charge < -0.3 is 15.4 Å². The van der Waals surface area contributed by atoms with E-state index in [2.05, 4.69) is 27.4 Å². The first-order valence-electron chi connectivity index (χ1n) is 12.5. The smallest absolute Gasteiger partial charge is 0.341 e. The Morgan fingerprint density at radius 2 is 1.97 bits per heavy atom. The summed E-state index contributed by atoms with van der Waals surface area (Å²) in [5, 5.41) is 6.51. The molecule has 0 bridgehead atoms. The zero-order valence-electron chi connectivity index (χ0n) is 20.6. The molecule has 1 aliphatic heterocycles. The minimum Gasteiger partial charge on any atom is -0.462 e. The molecule has 0 saturated carbocycles. The van der Waals surface area contributed by atoms with Crippen molar-refractivity contribution in [3.05, 3.63) is 40.4 Å². The lowest BCUT2D eigenvalue weighted by Crippen LogP contribution is -2.47. The highest BCUT2D eigenvalue weighted by molar-refractivity contribution is 7.17. The predicted octanol–water partition coefficient (Wildman–Crippen LogP) is 4.12. The normalized spacial score (nSPS) is 19.5. The van der Waals surface area contributed by atoms with E-state index >= 15 is 0 Å². The average molecular weight is 499 g/mol. The Hall–Kier alpha value is -2.78. The highest BCUT2D eigenvalue weighted by atomic mass is 32.1. The van der Waals surface area contributed by atoms with Crippen molar-refractivity contribution in [3.8, 4) is 0 Å². The van der Waals surface area contributed by atoms with Gasteiger partial charge in [-0.2, -0.15) is 0 Å². The number of carbonyl (C=O) groups excluding carboxylic acids is 3. The molecule has 2 unspecified atom stereocenters. The summed E-state index contributed by atoms with van der Waals surface area (Å²) in [6.45, 7) is 7.48. The molecule has 1 saturated heterocycles. The second kappa shape index (κ2) is 11.3. The molecule has 1 aliphatic carbocycles. The number of fused-ring (bicyclic) bond motifs is 1. The number of nitrogens with one attached hydrogen (secondary N) is 2. The third kappa shape index (κ3) is 5.90. The summed E-state index contributed by atoms with van der Waals surface area (Å²) in [6.07, 6.45) is 5.79. The van der Waals surface area contributed by atoms with Crippen LogP contribution in [0.3, 0.4) is 0 Å². The number of carbonyl (C=O) groups is 3. The number of hydrogen-bond donors (Lipinski definition) is 2. The summed E-state index contributed by atoms with van der Waals surface area (Å²) in [4.78, 5) is 46.0. The van der Waals surface area contributed by atoms with Crippen molar-refractivity contribution >= 4 is 39.9 Å². The summed E-state index contributed by atoms with van der Waals surface area (Å²) in [5.41, 5.74) is 1.57. The van der Waals surface area contributed by atoms with Crippen LogP contribution in [0.2, 0.25) is 0 Å². The van der Waals surface area contributed by atoms with Gasteiger partial charge in [-0.05, 0) is 82.7 Å². The maximum Gasteiger partial charge on any atom is 0.341 e. The van der Waals surface area contributed by atoms with E-state index < -0.39 is 0 Å². The fourth-order valence-electron chi connectivity index (χ4n) is 4.85. The number of nitrogens with zero attached hydrogens (tertiary/aromatic N) is 2. The number of hydrogen-bond acceptors (Lipinski definition) is 7. The number of rotatable bonds is 7. The first-order chi connectivity index (χ1) is 16.9. The van der Waals surface area contributed by atoms with Crippen LogP contribution in [-0.2, 0) is 27.2 Å². The van der Waals surface area contributed by atoms with Crippen molar-refractivity contribution in [2.45, 2.75) is 58.9 Å². The van der Waals surface area contributed by atoms with E-state index in [0.717, 1.165) is 24.8 Å². The summed E-state index contributed by atoms with van der Waals surface area (Å²) in [7, 11) is 0. The molecule has 0 aromatic carbocycles. The van der Waals surface area contributed by atoms with Crippen LogP contribution in [0.25, 0.3) is 0 Å². The lowest BCUT2D eigenvalue weighted by molar-refractivity contribution is -0.123. The van der Waals surface area contributed by atoms with E-state index in [9.17, 15) is 14.4 Å². The van der Waals surface area contributed by atoms with Gasteiger partial charge in [0.25, 0.3) is 0 Å². The van der Waals surface area contributed by atoms with Gasteiger partial charge in [0.05, 0.1) is 18.2 Å². The summed E-state index contributed by atoms with van der Waals surface area (Å²) in [6, 6.07) is 5.04. The van der Waals surface area contributed by atoms with Crippen LogP contribution in [-0.4, -0.2) is 53.4 Å². The molecule has 2 aromatic rings. The van der Waals surface area contributed by atoms with E-state index in [-0.39, 0.29) is 29.7 Å². The van der Waals surface area contributed by atoms with Gasteiger partial charge >= 0.3 is 5.97 Å². The van der Waals surface area contributed by atoms with Crippen molar-refractivity contribution < 1.29 is 19.1 Å². The van der Waals surface area contributed by atoms with Crippen LogP contribution in [0, 0.1) is 11.8 Å². The first-order valence-corrected chi connectivity index (χ1v) is 13.3. The van der Waals surface area contributed by atoms with Crippen LogP contribution in [0.1, 0.15) is 60.8 Å². The molecule has 2 aromatic heterocycles. The van der Waals surface area contributed by atoms with E-state index in [4.69, 9.17) is 4.74 Å². The van der Waals surface area contributed by atoms with Gasteiger partial charge in [-0.1, -0.05) is 13.0 Å². The second-order valence-electron chi connectivity index (χ2n) is 9.46. The molecule has 188 valence electrons. The van der Waals surface area contributed by atoms with Gasteiger partial charge in [0, 0.05) is 17.0 Å². The van der Waals surface area contributed by atoms with E-state index in [1.165, 1.54) is 16.2 Å². The van der Waals surface area contributed by atoms with E-state index in [1.807, 2.05) is 19.1 Å². The molecule has 4 rings (SSSR count). The molecular formula is C26H34N4O4S. The molecule has 0 spiro atoms. The Kier molecular flexibility index (Phi) is 8.18.